The van der Waals surface area contributed by atoms with Crippen molar-refractivity contribution in [3.8, 4) is 0 Å². The molecule has 0 radical (unpaired) electrons. The summed E-state index contributed by atoms with van der Waals surface area (Å²) in [6.45, 7) is 0.530. The number of ether oxygens (including phenoxy) is 2. The lowest BCUT2D eigenvalue weighted by Crippen LogP contribution is -2.47. The van der Waals surface area contributed by atoms with Crippen LogP contribution >= 0.6 is 0 Å². The number of fused-ring (bicyclic) bond motifs is 4. The third-order valence-corrected chi connectivity index (χ3v) is 4.32. The number of nitrogens with one attached hydrogen (secondary N) is 1. The summed E-state index contributed by atoms with van der Waals surface area (Å²) in [4.78, 5) is 0. The molecule has 0 unspecified atom stereocenters. The third kappa shape index (κ3) is 1.88. The van der Waals surface area contributed by atoms with Gasteiger partial charge in [-0.15, -0.1) is 0 Å². The van der Waals surface area contributed by atoms with Crippen LogP contribution in [0.5, 0.6) is 0 Å². The largest absolute Gasteiger partial charge is 0.469 e. The quantitative estimate of drug-likeness (QED) is 0.912. The monoisotopic (exact) mass is 306 g/mol. The Balaban J connectivity index is 1.87. The topological polar surface area (TPSA) is 56.5 Å². The van der Waals surface area contributed by atoms with Crippen molar-refractivity contribution >= 4 is 11.4 Å². The van der Waals surface area contributed by atoms with Crippen molar-refractivity contribution in [3.05, 3.63) is 83.3 Å². The van der Waals surface area contributed by atoms with Gasteiger partial charge in [-0.2, -0.15) is 0 Å². The number of para-hydroxylation sites is 2. The fourth-order valence-corrected chi connectivity index (χ4v) is 3.27. The lowest BCUT2D eigenvalue weighted by molar-refractivity contribution is 0.0158. The first kappa shape index (κ1) is 13.9. The van der Waals surface area contributed by atoms with Gasteiger partial charge in [0.05, 0.1) is 6.61 Å². The molecule has 3 N–H and O–H groups in total. The van der Waals surface area contributed by atoms with Gasteiger partial charge in [-0.1, -0.05) is 42.5 Å². The van der Waals surface area contributed by atoms with Crippen LogP contribution < -0.4 is 11.1 Å². The minimum absolute atomic E-state index is 0.530. The molecule has 2 aliphatic rings. The second-order valence-electron chi connectivity index (χ2n) is 5.64. The fourth-order valence-electron chi connectivity index (χ4n) is 3.27. The van der Waals surface area contributed by atoms with E-state index >= 15 is 0 Å². The van der Waals surface area contributed by atoms with Crippen LogP contribution in [0.25, 0.3) is 0 Å². The number of hydrogen-bond donors (Lipinski definition) is 2. The maximum Gasteiger partial charge on any atom is 0.206 e. The van der Waals surface area contributed by atoms with E-state index in [1.807, 2.05) is 48.6 Å². The number of nitrogens with two attached hydrogens (primary N) is 1. The van der Waals surface area contributed by atoms with E-state index < -0.39 is 5.60 Å². The highest BCUT2D eigenvalue weighted by molar-refractivity contribution is 5.78. The lowest BCUT2D eigenvalue weighted by atomic mass is 9.76. The zero-order chi connectivity index (χ0) is 15.9. The second kappa shape index (κ2) is 5.18. The molecule has 2 heterocycles. The molecule has 4 heteroatoms. The summed E-state index contributed by atoms with van der Waals surface area (Å²) in [6, 6.07) is 16.2. The molecule has 23 heavy (non-hydrogen) atoms. The molecule has 2 aliphatic heterocycles. The van der Waals surface area contributed by atoms with Gasteiger partial charge in [0, 0.05) is 29.6 Å². The Labute approximate surface area is 135 Å². The van der Waals surface area contributed by atoms with Gasteiger partial charge in [0.1, 0.15) is 11.5 Å². The summed E-state index contributed by atoms with van der Waals surface area (Å²) in [7, 11) is 1.66. The van der Waals surface area contributed by atoms with Gasteiger partial charge in [-0.05, 0) is 18.2 Å². The van der Waals surface area contributed by atoms with Crippen molar-refractivity contribution in [2.75, 3.05) is 19.0 Å². The van der Waals surface area contributed by atoms with E-state index in [1.54, 1.807) is 7.11 Å². The standard InChI is InChI=1S/C19H18N2O2/c1-22-12-6-11-17-18(20)19(23-17)13-7-2-4-9-15(13)21-16-10-5-3-8-14(16)19/h2-11,21H,12,20H2,1H3/b11-6-. The average molecular weight is 306 g/mol. The van der Waals surface area contributed by atoms with Crippen LogP contribution in [-0.2, 0) is 15.1 Å². The van der Waals surface area contributed by atoms with Gasteiger partial charge in [0.25, 0.3) is 0 Å². The molecular weight excluding hydrogens is 288 g/mol. The van der Waals surface area contributed by atoms with Gasteiger partial charge in [-0.25, -0.2) is 0 Å². The van der Waals surface area contributed by atoms with Gasteiger partial charge in [0.2, 0.25) is 5.60 Å². The maximum absolute atomic E-state index is 6.48. The highest BCUT2D eigenvalue weighted by atomic mass is 16.5. The van der Waals surface area contributed by atoms with Crippen molar-refractivity contribution < 1.29 is 9.47 Å². The summed E-state index contributed by atoms with van der Waals surface area (Å²) in [5, 5.41) is 3.46. The van der Waals surface area contributed by atoms with Crippen LogP contribution in [0.4, 0.5) is 11.4 Å². The number of methoxy groups -OCH3 is 1. The smallest absolute Gasteiger partial charge is 0.206 e. The number of anilines is 2. The zero-order valence-corrected chi connectivity index (χ0v) is 12.9. The molecule has 116 valence electrons. The number of rotatable bonds is 3. The molecule has 0 saturated heterocycles. The molecule has 0 atom stereocenters. The summed E-state index contributed by atoms with van der Waals surface area (Å²) >= 11 is 0. The van der Waals surface area contributed by atoms with Gasteiger partial charge >= 0.3 is 0 Å². The van der Waals surface area contributed by atoms with Crippen LogP contribution in [0.3, 0.4) is 0 Å². The zero-order valence-electron chi connectivity index (χ0n) is 12.9. The molecule has 4 rings (SSSR count). The van der Waals surface area contributed by atoms with Crippen molar-refractivity contribution in [2.24, 2.45) is 5.73 Å². The second-order valence-corrected chi connectivity index (χ2v) is 5.64. The third-order valence-electron chi connectivity index (χ3n) is 4.32. The molecule has 0 saturated carbocycles. The molecule has 0 bridgehead atoms. The summed E-state index contributed by atoms with van der Waals surface area (Å²) < 4.78 is 11.3. The van der Waals surface area contributed by atoms with Crippen molar-refractivity contribution in [1.82, 2.24) is 0 Å². The summed E-state index contributed by atoms with van der Waals surface area (Å²) in [5.74, 6) is 0.702. The lowest BCUT2D eigenvalue weighted by Gasteiger charge is -2.47. The van der Waals surface area contributed by atoms with E-state index in [9.17, 15) is 0 Å². The Morgan fingerprint density at radius 1 is 1.09 bits per heavy atom. The average Bonchev–Trinajstić information content (AvgIpc) is 2.60. The SMILES string of the molecule is COC/C=C\C1=C(N)C2(O1)c1ccccc1Nc1ccccc12. The van der Waals surface area contributed by atoms with Crippen molar-refractivity contribution in [1.29, 1.82) is 0 Å². The highest BCUT2D eigenvalue weighted by Gasteiger charge is 2.53. The van der Waals surface area contributed by atoms with Crippen LogP contribution in [-0.4, -0.2) is 13.7 Å². The minimum Gasteiger partial charge on any atom is -0.469 e. The first-order valence-electron chi connectivity index (χ1n) is 7.58. The molecule has 0 aliphatic carbocycles. The van der Waals surface area contributed by atoms with Gasteiger partial charge in [-0.3, -0.25) is 0 Å². The van der Waals surface area contributed by atoms with Crippen LogP contribution in [0, 0.1) is 0 Å². The Hall–Kier alpha value is -2.72. The van der Waals surface area contributed by atoms with Crippen LogP contribution in [0.15, 0.2) is 72.1 Å². The first-order chi connectivity index (χ1) is 11.3. The molecular formula is C19H18N2O2. The van der Waals surface area contributed by atoms with Crippen molar-refractivity contribution in [2.45, 2.75) is 5.60 Å². The summed E-state index contributed by atoms with van der Waals surface area (Å²) in [5.41, 5.74) is 10.6. The molecule has 4 nitrogen and oxygen atoms in total. The Bertz CT molecular complexity index is 778. The predicted molar refractivity (Wildman–Crippen MR) is 90.3 cm³/mol. The normalized spacial score (nSPS) is 17.3. The van der Waals surface area contributed by atoms with E-state index in [0.29, 0.717) is 12.4 Å². The van der Waals surface area contributed by atoms with Crippen molar-refractivity contribution in [3.63, 3.8) is 0 Å². The minimum atomic E-state index is -0.703. The Morgan fingerprint density at radius 3 is 2.26 bits per heavy atom. The fraction of sp³-hybridized carbons (Fsp3) is 0.158. The van der Waals surface area contributed by atoms with E-state index in [4.69, 9.17) is 15.2 Å². The first-order valence-corrected chi connectivity index (χ1v) is 7.58. The van der Waals surface area contributed by atoms with Crippen LogP contribution in [0.1, 0.15) is 11.1 Å². The van der Waals surface area contributed by atoms with E-state index in [1.165, 1.54) is 0 Å². The predicted octanol–water partition coefficient (Wildman–Crippen LogP) is 3.39. The Kier molecular flexibility index (Phi) is 3.13. The van der Waals surface area contributed by atoms with Gasteiger partial charge in [0.15, 0.2) is 0 Å². The van der Waals surface area contributed by atoms with Gasteiger partial charge < -0.3 is 20.5 Å². The van der Waals surface area contributed by atoms with Crippen LogP contribution in [0.2, 0.25) is 0 Å². The molecule has 0 fully saturated rings. The van der Waals surface area contributed by atoms with E-state index in [-0.39, 0.29) is 0 Å². The number of allylic oxidation sites excluding steroid dienone is 1. The van der Waals surface area contributed by atoms with E-state index in [2.05, 4.69) is 17.4 Å². The maximum atomic E-state index is 6.48. The molecule has 1 spiro atoms. The van der Waals surface area contributed by atoms with E-state index in [0.717, 1.165) is 28.2 Å². The Morgan fingerprint density at radius 2 is 1.70 bits per heavy atom. The molecule has 0 aromatic heterocycles. The molecule has 2 aromatic carbocycles. The highest BCUT2D eigenvalue weighted by Crippen LogP contribution is 2.55. The molecule has 0 amide bonds. The summed E-state index contributed by atoms with van der Waals surface area (Å²) in [6.07, 6.45) is 3.77. The number of hydrogen-bond acceptors (Lipinski definition) is 4. The molecule has 2 aromatic rings. The number of benzene rings is 2.